The number of hydrazone groups is 1. The smallest absolute Gasteiger partial charge is 0.191 e. The molecule has 0 spiro atoms. The highest BCUT2D eigenvalue weighted by atomic mass is 32.1. The first-order valence-corrected chi connectivity index (χ1v) is 7.47. The van der Waals surface area contributed by atoms with Crippen molar-refractivity contribution in [3.8, 4) is 0 Å². The summed E-state index contributed by atoms with van der Waals surface area (Å²) in [4.78, 5) is 0. The van der Waals surface area contributed by atoms with Crippen molar-refractivity contribution in [2.24, 2.45) is 12.1 Å². The van der Waals surface area contributed by atoms with Crippen LogP contribution in [0.25, 0.3) is 0 Å². The molecule has 0 unspecified atom stereocenters. The Bertz CT molecular complexity index is 710. The summed E-state index contributed by atoms with van der Waals surface area (Å²) in [6.45, 7) is 8.06. The van der Waals surface area contributed by atoms with Gasteiger partial charge in [-0.15, -0.1) is 0 Å². The van der Waals surface area contributed by atoms with E-state index in [1.807, 2.05) is 57.6 Å². The number of benzene rings is 1. The average Bonchev–Trinajstić information content (AvgIpc) is 2.69. The number of nitrogens with one attached hydrogen (secondary N) is 2. The molecule has 0 atom stereocenters. The first-order valence-electron chi connectivity index (χ1n) is 7.06. The van der Waals surface area contributed by atoms with Gasteiger partial charge in [0.1, 0.15) is 0 Å². The van der Waals surface area contributed by atoms with Crippen LogP contribution in [0.15, 0.2) is 23.3 Å². The van der Waals surface area contributed by atoms with Crippen LogP contribution in [-0.2, 0) is 7.05 Å². The molecule has 0 amide bonds. The lowest BCUT2D eigenvalue weighted by Crippen LogP contribution is -2.24. The van der Waals surface area contributed by atoms with Crippen molar-refractivity contribution >= 4 is 29.2 Å². The lowest BCUT2D eigenvalue weighted by atomic mass is 10.1. The molecule has 0 aliphatic carbocycles. The molecular weight excluding hydrogens is 294 g/mol. The predicted octanol–water partition coefficient (Wildman–Crippen LogP) is 2.97. The molecule has 0 radical (unpaired) electrons. The molecule has 22 heavy (non-hydrogen) atoms. The van der Waals surface area contributed by atoms with Gasteiger partial charge in [-0.1, -0.05) is 18.2 Å². The van der Waals surface area contributed by atoms with Crippen molar-refractivity contribution < 1.29 is 0 Å². The number of thiocarbonyl (C=S) groups is 1. The minimum absolute atomic E-state index is 0.466. The fraction of sp³-hybridized carbons (Fsp3) is 0.312. The Morgan fingerprint density at radius 2 is 1.86 bits per heavy atom. The van der Waals surface area contributed by atoms with Crippen LogP contribution in [0, 0.1) is 27.7 Å². The molecule has 2 N–H and O–H groups in total. The predicted molar refractivity (Wildman–Crippen MR) is 95.5 cm³/mol. The summed E-state index contributed by atoms with van der Waals surface area (Å²) in [5, 5.41) is 12.2. The van der Waals surface area contributed by atoms with Crippen LogP contribution in [0.2, 0.25) is 0 Å². The second-order valence-electron chi connectivity index (χ2n) is 5.30. The molecule has 2 aromatic rings. The van der Waals surface area contributed by atoms with Gasteiger partial charge in [-0.25, -0.2) is 0 Å². The summed E-state index contributed by atoms with van der Waals surface area (Å²) in [5.41, 5.74) is 9.17. The molecule has 116 valence electrons. The topological polar surface area (TPSA) is 54.2 Å². The Labute approximate surface area is 136 Å². The quantitative estimate of drug-likeness (QED) is 0.519. The SMILES string of the molecule is Cc1cccc(C)c1NC(=S)N/N=C/c1c(C)nn(C)c1C. The third kappa shape index (κ3) is 3.51. The van der Waals surface area contributed by atoms with E-state index >= 15 is 0 Å². The zero-order valence-corrected chi connectivity index (χ0v) is 14.4. The van der Waals surface area contributed by atoms with Gasteiger partial charge in [-0.05, 0) is 51.0 Å². The van der Waals surface area contributed by atoms with Gasteiger partial charge in [0, 0.05) is 24.0 Å². The molecule has 2 rings (SSSR count). The molecule has 5 nitrogen and oxygen atoms in total. The van der Waals surface area contributed by atoms with Crippen LogP contribution in [0.3, 0.4) is 0 Å². The molecule has 1 aromatic heterocycles. The fourth-order valence-electron chi connectivity index (χ4n) is 2.29. The maximum atomic E-state index is 5.28. The number of aromatic nitrogens is 2. The van der Waals surface area contributed by atoms with Gasteiger partial charge in [-0.3, -0.25) is 10.1 Å². The number of anilines is 1. The Balaban J connectivity index is 2.03. The van der Waals surface area contributed by atoms with Crippen molar-refractivity contribution in [3.63, 3.8) is 0 Å². The van der Waals surface area contributed by atoms with Crippen LogP contribution in [0.4, 0.5) is 5.69 Å². The molecule has 1 heterocycles. The Morgan fingerprint density at radius 1 is 1.23 bits per heavy atom. The highest BCUT2D eigenvalue weighted by molar-refractivity contribution is 7.80. The van der Waals surface area contributed by atoms with Crippen LogP contribution >= 0.6 is 12.2 Å². The third-order valence-electron chi connectivity index (χ3n) is 3.64. The van der Waals surface area contributed by atoms with E-state index in [2.05, 4.69) is 20.9 Å². The summed E-state index contributed by atoms with van der Waals surface area (Å²) >= 11 is 5.28. The maximum Gasteiger partial charge on any atom is 0.191 e. The van der Waals surface area contributed by atoms with Crippen LogP contribution < -0.4 is 10.7 Å². The van der Waals surface area contributed by atoms with E-state index in [1.54, 1.807) is 6.21 Å². The minimum atomic E-state index is 0.466. The fourth-order valence-corrected chi connectivity index (χ4v) is 2.44. The first kappa shape index (κ1) is 16.2. The van der Waals surface area contributed by atoms with Crippen molar-refractivity contribution in [2.45, 2.75) is 27.7 Å². The second-order valence-corrected chi connectivity index (χ2v) is 5.71. The average molecular weight is 315 g/mol. The second kappa shape index (κ2) is 6.70. The van der Waals surface area contributed by atoms with Gasteiger partial charge < -0.3 is 5.32 Å². The van der Waals surface area contributed by atoms with Gasteiger partial charge in [0.15, 0.2) is 5.11 Å². The van der Waals surface area contributed by atoms with E-state index in [-0.39, 0.29) is 0 Å². The highest BCUT2D eigenvalue weighted by Crippen LogP contribution is 2.19. The monoisotopic (exact) mass is 315 g/mol. The Hall–Kier alpha value is -2.21. The zero-order chi connectivity index (χ0) is 16.3. The lowest BCUT2D eigenvalue weighted by molar-refractivity contribution is 0.731. The summed E-state index contributed by atoms with van der Waals surface area (Å²) in [6, 6.07) is 6.12. The van der Waals surface area contributed by atoms with Gasteiger partial charge in [-0.2, -0.15) is 10.2 Å². The first-order chi connectivity index (χ1) is 10.4. The lowest BCUT2D eigenvalue weighted by Gasteiger charge is -2.12. The number of nitrogens with zero attached hydrogens (tertiary/aromatic N) is 3. The van der Waals surface area contributed by atoms with E-state index in [4.69, 9.17) is 12.2 Å². The standard InChI is InChI=1S/C16H21N5S/c1-10-7-6-8-11(2)15(10)18-16(22)19-17-9-14-12(3)20-21(5)13(14)4/h6-9H,1-5H3,(H2,18,19,22)/b17-9+. The number of para-hydroxylation sites is 1. The molecule has 6 heteroatoms. The van der Waals surface area contributed by atoms with Crippen LogP contribution in [0.1, 0.15) is 28.1 Å². The van der Waals surface area contributed by atoms with E-state index in [0.29, 0.717) is 5.11 Å². The summed E-state index contributed by atoms with van der Waals surface area (Å²) < 4.78 is 1.84. The Kier molecular flexibility index (Phi) is 4.92. The van der Waals surface area contributed by atoms with Gasteiger partial charge in [0.2, 0.25) is 0 Å². The normalized spacial score (nSPS) is 11.0. The van der Waals surface area contributed by atoms with Crippen LogP contribution in [0.5, 0.6) is 0 Å². The molecule has 0 bridgehead atoms. The molecule has 0 fully saturated rings. The molecular formula is C16H21N5S. The molecule has 0 saturated carbocycles. The maximum absolute atomic E-state index is 5.28. The summed E-state index contributed by atoms with van der Waals surface area (Å²) in [5.74, 6) is 0. The number of aryl methyl sites for hydroxylation is 4. The highest BCUT2D eigenvalue weighted by Gasteiger charge is 2.07. The third-order valence-corrected chi connectivity index (χ3v) is 3.84. The van der Waals surface area contributed by atoms with E-state index < -0.39 is 0 Å². The van der Waals surface area contributed by atoms with Crippen LogP contribution in [-0.4, -0.2) is 21.1 Å². The van der Waals surface area contributed by atoms with Crippen molar-refractivity contribution in [2.75, 3.05) is 5.32 Å². The van der Waals surface area contributed by atoms with E-state index in [1.165, 1.54) is 0 Å². The molecule has 0 aliphatic rings. The van der Waals surface area contributed by atoms with Crippen molar-refractivity contribution in [3.05, 3.63) is 46.3 Å². The van der Waals surface area contributed by atoms with Crippen molar-refractivity contribution in [1.29, 1.82) is 0 Å². The van der Waals surface area contributed by atoms with E-state index in [9.17, 15) is 0 Å². The zero-order valence-electron chi connectivity index (χ0n) is 13.6. The molecule has 0 saturated heterocycles. The minimum Gasteiger partial charge on any atom is -0.331 e. The Morgan fingerprint density at radius 3 is 2.41 bits per heavy atom. The van der Waals surface area contributed by atoms with Gasteiger partial charge >= 0.3 is 0 Å². The summed E-state index contributed by atoms with van der Waals surface area (Å²) in [6.07, 6.45) is 1.75. The largest absolute Gasteiger partial charge is 0.331 e. The van der Waals surface area contributed by atoms with E-state index in [0.717, 1.165) is 33.8 Å². The molecule has 1 aromatic carbocycles. The molecule has 0 aliphatic heterocycles. The number of rotatable bonds is 3. The van der Waals surface area contributed by atoms with Gasteiger partial charge in [0.05, 0.1) is 11.9 Å². The number of hydrogen-bond donors (Lipinski definition) is 2. The van der Waals surface area contributed by atoms with Crippen molar-refractivity contribution in [1.82, 2.24) is 15.2 Å². The summed E-state index contributed by atoms with van der Waals surface area (Å²) in [7, 11) is 1.92. The number of hydrogen-bond acceptors (Lipinski definition) is 3. The van der Waals surface area contributed by atoms with Gasteiger partial charge in [0.25, 0.3) is 0 Å².